The van der Waals surface area contributed by atoms with Gasteiger partial charge in [-0.15, -0.1) is 0 Å². The monoisotopic (exact) mass is 466 g/mol. The fourth-order valence-electron chi connectivity index (χ4n) is 2.47. The van der Waals surface area contributed by atoms with Crippen molar-refractivity contribution in [1.29, 1.82) is 0 Å². The number of amides is 1. The molecule has 3 rings (SSSR count). The number of thiocarbonyl (C=S) groups is 1. The van der Waals surface area contributed by atoms with Crippen molar-refractivity contribution >= 4 is 52.2 Å². The minimum Gasteiger partial charge on any atom is -0.431 e. The number of benzene rings is 2. The van der Waals surface area contributed by atoms with E-state index in [2.05, 4.69) is 16.0 Å². The van der Waals surface area contributed by atoms with Crippen LogP contribution in [0.4, 0.5) is 5.69 Å². The molecule has 0 aliphatic heterocycles. The molecule has 0 radical (unpaired) electrons. The van der Waals surface area contributed by atoms with Gasteiger partial charge in [-0.1, -0.05) is 34.4 Å². The Bertz CT molecular complexity index is 1110. The highest BCUT2D eigenvalue weighted by atomic mass is 35.5. The third-order valence-corrected chi connectivity index (χ3v) is 4.64. The van der Waals surface area contributed by atoms with E-state index in [4.69, 9.17) is 44.7 Å². The number of non-ortho nitro benzene ring substituents is 1. The summed E-state index contributed by atoms with van der Waals surface area (Å²) in [4.78, 5) is 22.8. The first kappa shape index (κ1) is 21.5. The Morgan fingerprint density at radius 3 is 2.40 bits per heavy atom. The summed E-state index contributed by atoms with van der Waals surface area (Å²) in [6.07, 6.45) is 0. The number of carbonyl (C=O) groups is 1. The number of hydrogen-bond donors (Lipinski definition) is 2. The van der Waals surface area contributed by atoms with Crippen LogP contribution in [-0.2, 0) is 0 Å². The van der Waals surface area contributed by atoms with Crippen LogP contribution in [0, 0.1) is 17.0 Å². The molecule has 0 atom stereocenters. The van der Waals surface area contributed by atoms with Crippen molar-refractivity contribution in [3.63, 3.8) is 0 Å². The first-order valence-corrected chi connectivity index (χ1v) is 9.37. The molecule has 0 unspecified atom stereocenters. The fourth-order valence-corrected chi connectivity index (χ4v) is 3.20. The maximum absolute atomic E-state index is 12.7. The predicted molar refractivity (Wildman–Crippen MR) is 114 cm³/mol. The summed E-state index contributed by atoms with van der Waals surface area (Å²) in [5.74, 6) is -0.131. The number of halogens is 2. The largest absolute Gasteiger partial charge is 0.431 e. The second-order valence-corrected chi connectivity index (χ2v) is 6.96. The molecule has 1 amide bonds. The van der Waals surface area contributed by atoms with E-state index >= 15 is 0 Å². The molecule has 0 aliphatic rings. The van der Waals surface area contributed by atoms with Crippen LogP contribution >= 0.6 is 35.4 Å². The summed E-state index contributed by atoms with van der Waals surface area (Å²) in [6, 6.07) is 10.1. The maximum Gasteiger partial charge on any atom is 0.281 e. The summed E-state index contributed by atoms with van der Waals surface area (Å²) in [5, 5.41) is 15.0. The van der Waals surface area contributed by atoms with Gasteiger partial charge in [-0.3, -0.25) is 25.8 Å². The van der Waals surface area contributed by atoms with Crippen LogP contribution in [0.2, 0.25) is 10.0 Å². The zero-order valence-electron chi connectivity index (χ0n) is 15.1. The van der Waals surface area contributed by atoms with Crippen molar-refractivity contribution in [2.24, 2.45) is 0 Å². The molecular weight excluding hydrogens is 455 g/mol. The van der Waals surface area contributed by atoms with Crippen molar-refractivity contribution in [1.82, 2.24) is 16.0 Å². The van der Waals surface area contributed by atoms with Gasteiger partial charge >= 0.3 is 0 Å². The Hall–Kier alpha value is -3.21. The molecule has 12 heteroatoms. The van der Waals surface area contributed by atoms with Crippen LogP contribution in [0.15, 0.2) is 47.0 Å². The molecule has 0 saturated heterocycles. The number of nitro benzene ring substituents is 1. The number of nitrogens with zero attached hydrogens (tertiary/aromatic N) is 2. The lowest BCUT2D eigenvalue weighted by Crippen LogP contribution is -2.43. The van der Waals surface area contributed by atoms with E-state index in [0.29, 0.717) is 15.6 Å². The summed E-state index contributed by atoms with van der Waals surface area (Å²) in [6.45, 7) is 1.56. The van der Waals surface area contributed by atoms with Gasteiger partial charge in [0.25, 0.3) is 16.8 Å². The molecule has 0 aliphatic carbocycles. The highest BCUT2D eigenvalue weighted by Gasteiger charge is 2.25. The van der Waals surface area contributed by atoms with Gasteiger partial charge in [0, 0.05) is 17.7 Å². The van der Waals surface area contributed by atoms with Gasteiger partial charge in [-0.25, -0.2) is 0 Å². The standard InChI is InChI=1S/C18H12Cl2N4O5S/c1-9-14(16(23-29-9)15-12(19)3-2-4-13(15)20)17(25)21-22-18(30)28-11-7-5-10(6-8-11)24(26)27/h2-8H,1H3,(H,21,25)(H,22,30). The molecule has 2 aromatic carbocycles. The SMILES string of the molecule is Cc1onc(-c2c(Cl)cccc2Cl)c1C(=O)NNC(=S)Oc1ccc([N+](=O)[O-])cc1. The van der Waals surface area contributed by atoms with E-state index < -0.39 is 10.8 Å². The number of aromatic nitrogens is 1. The topological polar surface area (TPSA) is 120 Å². The van der Waals surface area contributed by atoms with Crippen LogP contribution in [0.5, 0.6) is 5.75 Å². The van der Waals surface area contributed by atoms with Crippen molar-refractivity contribution in [2.75, 3.05) is 0 Å². The second-order valence-electron chi connectivity index (χ2n) is 5.78. The number of hydrazine groups is 1. The zero-order valence-corrected chi connectivity index (χ0v) is 17.5. The van der Waals surface area contributed by atoms with Crippen LogP contribution in [0.25, 0.3) is 11.3 Å². The molecule has 1 heterocycles. The van der Waals surface area contributed by atoms with Gasteiger partial charge in [0.05, 0.1) is 15.0 Å². The predicted octanol–water partition coefficient (Wildman–Crippen LogP) is 4.46. The van der Waals surface area contributed by atoms with E-state index in [1.807, 2.05) is 0 Å². The number of nitrogens with one attached hydrogen (secondary N) is 2. The molecule has 0 saturated carbocycles. The molecular formula is C18H12Cl2N4O5S. The Morgan fingerprint density at radius 1 is 1.17 bits per heavy atom. The number of aryl methyl sites for hydroxylation is 1. The summed E-state index contributed by atoms with van der Waals surface area (Å²) < 4.78 is 10.4. The second kappa shape index (κ2) is 9.08. The number of nitro groups is 1. The number of carbonyl (C=O) groups excluding carboxylic acids is 1. The van der Waals surface area contributed by atoms with Crippen LogP contribution < -0.4 is 15.6 Å². The lowest BCUT2D eigenvalue weighted by atomic mass is 10.1. The third kappa shape index (κ3) is 4.67. The molecule has 1 aromatic heterocycles. The summed E-state index contributed by atoms with van der Waals surface area (Å²) in [7, 11) is 0. The minimum absolute atomic E-state index is 0.0942. The van der Waals surface area contributed by atoms with Gasteiger partial charge in [-0.2, -0.15) is 0 Å². The van der Waals surface area contributed by atoms with Crippen molar-refractivity contribution < 1.29 is 19.0 Å². The molecule has 0 spiro atoms. The summed E-state index contributed by atoms with van der Waals surface area (Å²) >= 11 is 17.4. The zero-order chi connectivity index (χ0) is 21.8. The number of ether oxygens (including phenoxy) is 1. The molecule has 2 N–H and O–H groups in total. The van der Waals surface area contributed by atoms with E-state index in [9.17, 15) is 14.9 Å². The molecule has 9 nitrogen and oxygen atoms in total. The maximum atomic E-state index is 12.7. The smallest absolute Gasteiger partial charge is 0.281 e. The van der Waals surface area contributed by atoms with Gasteiger partial charge < -0.3 is 9.26 Å². The van der Waals surface area contributed by atoms with Crippen molar-refractivity contribution in [3.8, 4) is 17.0 Å². The Labute approximate surface area is 185 Å². The van der Waals surface area contributed by atoms with E-state index in [-0.39, 0.29) is 33.6 Å². The Kier molecular flexibility index (Phi) is 6.50. The molecule has 3 aromatic rings. The average Bonchev–Trinajstić information content (AvgIpc) is 3.07. The fraction of sp³-hybridized carbons (Fsp3) is 0.0556. The van der Waals surface area contributed by atoms with Crippen molar-refractivity contribution in [2.45, 2.75) is 6.92 Å². The summed E-state index contributed by atoms with van der Waals surface area (Å²) in [5.41, 5.74) is 5.35. The first-order valence-electron chi connectivity index (χ1n) is 8.21. The van der Waals surface area contributed by atoms with Gasteiger partial charge in [-0.05, 0) is 43.4 Å². The van der Waals surface area contributed by atoms with Crippen molar-refractivity contribution in [3.05, 3.63) is 73.9 Å². The Morgan fingerprint density at radius 2 is 1.80 bits per heavy atom. The van der Waals surface area contributed by atoms with E-state index in [0.717, 1.165) is 0 Å². The quantitative estimate of drug-likeness (QED) is 0.328. The number of hydrogen-bond acceptors (Lipinski definition) is 7. The van der Waals surface area contributed by atoms with Crippen LogP contribution in [0.1, 0.15) is 16.1 Å². The lowest BCUT2D eigenvalue weighted by molar-refractivity contribution is -0.384. The van der Waals surface area contributed by atoms with Crippen LogP contribution in [-0.4, -0.2) is 21.2 Å². The first-order chi connectivity index (χ1) is 14.3. The van der Waals surface area contributed by atoms with E-state index in [1.165, 1.54) is 24.3 Å². The molecule has 154 valence electrons. The minimum atomic E-state index is -0.616. The van der Waals surface area contributed by atoms with Gasteiger partial charge in [0.1, 0.15) is 22.8 Å². The van der Waals surface area contributed by atoms with E-state index in [1.54, 1.807) is 25.1 Å². The molecule has 0 bridgehead atoms. The Balaban J connectivity index is 1.70. The van der Waals surface area contributed by atoms with Crippen LogP contribution in [0.3, 0.4) is 0 Å². The normalized spacial score (nSPS) is 10.4. The lowest BCUT2D eigenvalue weighted by Gasteiger charge is -2.11. The van der Waals surface area contributed by atoms with Gasteiger partial charge in [0.2, 0.25) is 0 Å². The highest BCUT2D eigenvalue weighted by molar-refractivity contribution is 7.80. The number of rotatable bonds is 4. The van der Waals surface area contributed by atoms with Gasteiger partial charge in [0.15, 0.2) is 0 Å². The highest BCUT2D eigenvalue weighted by Crippen LogP contribution is 2.36. The molecule has 30 heavy (non-hydrogen) atoms. The third-order valence-electron chi connectivity index (χ3n) is 3.83. The average molecular weight is 467 g/mol. The molecule has 0 fully saturated rings.